The van der Waals surface area contributed by atoms with Crippen LogP contribution in [0.4, 0.5) is 0 Å². The number of nitrogens with zero attached hydrogens (tertiary/aromatic N) is 4. The zero-order valence-electron chi connectivity index (χ0n) is 11.7. The molecule has 0 saturated heterocycles. The first-order chi connectivity index (χ1) is 9.92. The van der Waals surface area contributed by atoms with E-state index in [1.165, 1.54) is 38.4 Å². The summed E-state index contributed by atoms with van der Waals surface area (Å²) in [5.74, 6) is 0.672. The second kappa shape index (κ2) is 6.65. The lowest BCUT2D eigenvalue weighted by Gasteiger charge is -2.21. The Morgan fingerprint density at radius 3 is 3.00 bits per heavy atom. The van der Waals surface area contributed by atoms with Crippen LogP contribution in [-0.4, -0.2) is 26.5 Å². The van der Waals surface area contributed by atoms with E-state index in [0.29, 0.717) is 11.9 Å². The molecule has 6 nitrogen and oxygen atoms in total. The highest BCUT2D eigenvalue weighted by molar-refractivity contribution is 4.99. The summed E-state index contributed by atoms with van der Waals surface area (Å²) in [6.45, 7) is 1.60. The molecule has 0 aliphatic heterocycles. The monoisotopic (exact) mass is 275 g/mol. The molecule has 0 radical (unpaired) electrons. The lowest BCUT2D eigenvalue weighted by Crippen LogP contribution is -2.18. The van der Waals surface area contributed by atoms with Crippen LogP contribution < -0.4 is 5.32 Å². The van der Waals surface area contributed by atoms with E-state index in [-0.39, 0.29) is 0 Å². The van der Waals surface area contributed by atoms with E-state index < -0.39 is 0 Å². The van der Waals surface area contributed by atoms with Gasteiger partial charge in [0.25, 0.3) is 0 Å². The lowest BCUT2D eigenvalue weighted by atomic mass is 9.96. The minimum Gasteiger partial charge on any atom is -0.340 e. The molecule has 0 bridgehead atoms. The molecule has 0 unspecified atom stereocenters. The second-order valence-corrected chi connectivity index (χ2v) is 5.34. The first-order valence-corrected chi connectivity index (χ1v) is 7.42. The molecule has 1 fully saturated rings. The van der Waals surface area contributed by atoms with E-state index in [0.717, 1.165) is 25.2 Å². The molecule has 1 aliphatic carbocycles. The van der Waals surface area contributed by atoms with Gasteiger partial charge in [-0.2, -0.15) is 10.1 Å². The Hall–Kier alpha value is -1.69. The third-order valence-electron chi connectivity index (χ3n) is 3.84. The molecule has 1 N–H and O–H groups in total. The van der Waals surface area contributed by atoms with Crippen molar-refractivity contribution in [1.29, 1.82) is 0 Å². The van der Waals surface area contributed by atoms with E-state index >= 15 is 0 Å². The van der Waals surface area contributed by atoms with Gasteiger partial charge in [0.05, 0.1) is 11.7 Å². The number of nitrogens with one attached hydrogen (secondary N) is 1. The normalized spacial score (nSPS) is 16.6. The van der Waals surface area contributed by atoms with E-state index in [1.54, 1.807) is 0 Å². The van der Waals surface area contributed by atoms with Crippen LogP contribution in [0.3, 0.4) is 0 Å². The summed E-state index contributed by atoms with van der Waals surface area (Å²) in [6, 6.07) is 2.71. The second-order valence-electron chi connectivity index (χ2n) is 5.34. The maximum atomic E-state index is 4.95. The average molecular weight is 275 g/mol. The molecule has 0 amide bonds. The summed E-state index contributed by atoms with van der Waals surface area (Å²) in [5.41, 5.74) is 1.10. The number of aromatic nitrogens is 4. The fourth-order valence-corrected chi connectivity index (χ4v) is 2.74. The highest BCUT2D eigenvalue weighted by Crippen LogP contribution is 2.27. The van der Waals surface area contributed by atoms with E-state index in [4.69, 9.17) is 4.52 Å². The van der Waals surface area contributed by atoms with Crippen molar-refractivity contribution < 1.29 is 4.52 Å². The van der Waals surface area contributed by atoms with Gasteiger partial charge >= 0.3 is 0 Å². The Bertz CT molecular complexity index is 501. The summed E-state index contributed by atoms with van der Waals surface area (Å²) >= 11 is 0. The van der Waals surface area contributed by atoms with Gasteiger partial charge in [0.15, 0.2) is 6.33 Å². The zero-order chi connectivity index (χ0) is 13.6. The summed E-state index contributed by atoms with van der Waals surface area (Å²) in [4.78, 5) is 3.99. The highest BCUT2D eigenvalue weighted by atomic mass is 16.5. The Labute approximate surface area is 118 Å². The third kappa shape index (κ3) is 3.45. The first-order valence-electron chi connectivity index (χ1n) is 7.42. The van der Waals surface area contributed by atoms with E-state index in [2.05, 4.69) is 37.5 Å². The van der Waals surface area contributed by atoms with Gasteiger partial charge in [-0.3, -0.25) is 4.68 Å². The van der Waals surface area contributed by atoms with Crippen LogP contribution in [0, 0.1) is 0 Å². The molecule has 2 aromatic heterocycles. The average Bonchev–Trinajstić information content (AvgIpc) is 3.16. The van der Waals surface area contributed by atoms with Crippen LogP contribution in [0.5, 0.6) is 0 Å². The Morgan fingerprint density at radius 2 is 2.20 bits per heavy atom. The third-order valence-corrected chi connectivity index (χ3v) is 3.84. The summed E-state index contributed by atoms with van der Waals surface area (Å²) < 4.78 is 7.10. The molecule has 20 heavy (non-hydrogen) atoms. The number of hydrogen-bond acceptors (Lipinski definition) is 5. The lowest BCUT2D eigenvalue weighted by molar-refractivity contribution is 0.327. The standard InChI is InChI=1S/C14H21N5O/c1-2-4-13(5-3-1)19-9-7-12(18-19)10-15-8-6-14-16-11-17-20-14/h7,9,11,13,15H,1-6,8,10H2. The van der Waals surface area contributed by atoms with Gasteiger partial charge in [0.1, 0.15) is 0 Å². The highest BCUT2D eigenvalue weighted by Gasteiger charge is 2.15. The van der Waals surface area contributed by atoms with E-state index in [9.17, 15) is 0 Å². The van der Waals surface area contributed by atoms with Gasteiger partial charge in [-0.25, -0.2) is 0 Å². The van der Waals surface area contributed by atoms with Crippen LogP contribution in [0.1, 0.15) is 49.7 Å². The SMILES string of the molecule is c1noc(CCNCc2ccn(C3CCCCC3)n2)n1. The van der Waals surface area contributed by atoms with Crippen molar-refractivity contribution in [2.24, 2.45) is 0 Å². The van der Waals surface area contributed by atoms with Crippen LogP contribution in [0.15, 0.2) is 23.1 Å². The zero-order valence-corrected chi connectivity index (χ0v) is 11.7. The Balaban J connectivity index is 1.42. The summed E-state index contributed by atoms with van der Waals surface area (Å²) in [6.07, 6.45) is 10.9. The van der Waals surface area contributed by atoms with Crippen molar-refractivity contribution in [3.8, 4) is 0 Å². The summed E-state index contributed by atoms with van der Waals surface area (Å²) in [5, 5.41) is 11.6. The summed E-state index contributed by atoms with van der Waals surface area (Å²) in [7, 11) is 0. The fraction of sp³-hybridized carbons (Fsp3) is 0.643. The molecule has 0 aromatic carbocycles. The molecule has 2 aromatic rings. The Morgan fingerprint density at radius 1 is 1.30 bits per heavy atom. The largest absolute Gasteiger partial charge is 0.340 e. The predicted molar refractivity (Wildman–Crippen MR) is 74.1 cm³/mol. The van der Waals surface area contributed by atoms with Crippen LogP contribution in [0.25, 0.3) is 0 Å². The topological polar surface area (TPSA) is 68.8 Å². The minimum absolute atomic E-state index is 0.607. The van der Waals surface area contributed by atoms with Crippen molar-refractivity contribution in [1.82, 2.24) is 25.2 Å². The smallest absolute Gasteiger partial charge is 0.227 e. The molecular weight excluding hydrogens is 254 g/mol. The number of rotatable bonds is 6. The molecular formula is C14H21N5O. The predicted octanol–water partition coefficient (Wildman–Crippen LogP) is 2.10. The molecule has 3 rings (SSSR count). The minimum atomic E-state index is 0.607. The maximum Gasteiger partial charge on any atom is 0.227 e. The van der Waals surface area contributed by atoms with Crippen LogP contribution >= 0.6 is 0 Å². The van der Waals surface area contributed by atoms with Crippen molar-refractivity contribution in [3.63, 3.8) is 0 Å². The maximum absolute atomic E-state index is 4.95. The van der Waals surface area contributed by atoms with Gasteiger partial charge in [0, 0.05) is 25.7 Å². The molecule has 0 atom stereocenters. The number of hydrogen-bond donors (Lipinski definition) is 1. The molecule has 0 spiro atoms. The quantitative estimate of drug-likeness (QED) is 0.818. The molecule has 108 valence electrons. The first kappa shape index (κ1) is 13.3. The molecule has 6 heteroatoms. The molecule has 2 heterocycles. The fourth-order valence-electron chi connectivity index (χ4n) is 2.74. The van der Waals surface area contributed by atoms with Gasteiger partial charge in [-0.05, 0) is 18.9 Å². The van der Waals surface area contributed by atoms with Crippen molar-refractivity contribution in [2.75, 3.05) is 6.54 Å². The van der Waals surface area contributed by atoms with Gasteiger partial charge < -0.3 is 9.84 Å². The molecule has 1 saturated carbocycles. The van der Waals surface area contributed by atoms with Crippen LogP contribution in [-0.2, 0) is 13.0 Å². The Kier molecular flexibility index (Phi) is 4.42. The van der Waals surface area contributed by atoms with Crippen LogP contribution in [0.2, 0.25) is 0 Å². The van der Waals surface area contributed by atoms with Crippen molar-refractivity contribution >= 4 is 0 Å². The van der Waals surface area contributed by atoms with Gasteiger partial charge in [0.2, 0.25) is 5.89 Å². The van der Waals surface area contributed by atoms with Gasteiger partial charge in [-0.15, -0.1) is 0 Å². The van der Waals surface area contributed by atoms with E-state index in [1.807, 2.05) is 0 Å². The molecule has 1 aliphatic rings. The van der Waals surface area contributed by atoms with Gasteiger partial charge in [-0.1, -0.05) is 24.4 Å². The van der Waals surface area contributed by atoms with Crippen molar-refractivity contribution in [3.05, 3.63) is 30.2 Å². The van der Waals surface area contributed by atoms with Crippen molar-refractivity contribution in [2.45, 2.75) is 51.1 Å².